The van der Waals surface area contributed by atoms with E-state index in [0.717, 1.165) is 4.57 Å². The Morgan fingerprint density at radius 3 is 2.72 bits per heavy atom. The van der Waals surface area contributed by atoms with Crippen molar-refractivity contribution in [3.05, 3.63) is 30.1 Å². The first-order valence-electron chi connectivity index (χ1n) is 9.84. The molecule has 0 radical (unpaired) electrons. The molecule has 1 aromatic carbocycles. The summed E-state index contributed by atoms with van der Waals surface area (Å²) in [6, 6.07) is 6.25. The molecule has 0 bridgehead atoms. The van der Waals surface area contributed by atoms with E-state index >= 15 is 0 Å². The van der Waals surface area contributed by atoms with Crippen LogP contribution in [0.1, 0.15) is 30.9 Å². The van der Waals surface area contributed by atoms with Gasteiger partial charge in [0.1, 0.15) is 6.54 Å². The molecule has 1 saturated heterocycles. The van der Waals surface area contributed by atoms with Gasteiger partial charge in [0, 0.05) is 32.3 Å². The van der Waals surface area contributed by atoms with Gasteiger partial charge < -0.3 is 19.9 Å². The molecule has 6 nitrogen and oxygen atoms in total. The fourth-order valence-electron chi connectivity index (χ4n) is 3.88. The Kier molecular flexibility index (Phi) is 6.48. The van der Waals surface area contributed by atoms with Crippen LogP contribution in [-0.4, -0.2) is 63.9 Å². The lowest BCUT2D eigenvalue weighted by Crippen LogP contribution is -2.53. The molecule has 1 fully saturated rings. The molecule has 3 rings (SSSR count). The summed E-state index contributed by atoms with van der Waals surface area (Å²) in [6.45, 7) is 4.24. The summed E-state index contributed by atoms with van der Waals surface area (Å²) in [4.78, 5) is 19.3. The predicted octanol–water partition coefficient (Wildman–Crippen LogP) is 2.67. The van der Waals surface area contributed by atoms with Gasteiger partial charge in [0.05, 0.1) is 11.0 Å². The van der Waals surface area contributed by atoms with Gasteiger partial charge in [-0.3, -0.25) is 4.79 Å². The Hall–Kier alpha value is -2.13. The second-order valence-corrected chi connectivity index (χ2v) is 8.07. The van der Waals surface area contributed by atoms with E-state index in [1.54, 1.807) is 29.2 Å². The van der Waals surface area contributed by atoms with E-state index in [1.807, 2.05) is 13.8 Å². The normalized spacial score (nSPS) is 20.4. The molecule has 1 aliphatic heterocycles. The zero-order valence-electron chi connectivity index (χ0n) is 16.6. The molecule has 2 N–H and O–H groups in total. The smallest absolute Gasteiger partial charge is 0.396 e. The van der Waals surface area contributed by atoms with Gasteiger partial charge in [0.15, 0.2) is 0 Å². The summed E-state index contributed by atoms with van der Waals surface area (Å²) in [6.07, 6.45) is -3.88. The monoisotopic (exact) mass is 412 g/mol. The zero-order valence-corrected chi connectivity index (χ0v) is 16.6. The van der Waals surface area contributed by atoms with Crippen LogP contribution in [0, 0.1) is 11.8 Å². The number of nitrogens with one attached hydrogen (secondary N) is 1. The average molecular weight is 412 g/mol. The number of aliphatic hydroxyl groups excluding tert-OH is 1. The average Bonchev–Trinajstić information content (AvgIpc) is 3.02. The number of alkyl halides is 3. The topological polar surface area (TPSA) is 70.4 Å². The number of carbonyl (C=O) groups excluding carboxylic acids is 1. The van der Waals surface area contributed by atoms with Gasteiger partial charge in [-0.05, 0) is 30.4 Å². The Balaban J connectivity index is 2.00. The van der Waals surface area contributed by atoms with E-state index in [0.29, 0.717) is 31.6 Å². The van der Waals surface area contributed by atoms with Crippen LogP contribution in [0.3, 0.4) is 0 Å². The zero-order chi connectivity index (χ0) is 21.2. The molecule has 0 unspecified atom stereocenters. The number of halogens is 3. The lowest BCUT2D eigenvalue weighted by atomic mass is 9.94. The first-order chi connectivity index (χ1) is 13.7. The van der Waals surface area contributed by atoms with Gasteiger partial charge in [-0.1, -0.05) is 26.0 Å². The van der Waals surface area contributed by atoms with E-state index in [4.69, 9.17) is 0 Å². The molecule has 0 aliphatic carbocycles. The minimum Gasteiger partial charge on any atom is -0.396 e. The Bertz CT molecular complexity index is 850. The minimum atomic E-state index is -4.48. The maximum Gasteiger partial charge on any atom is 0.406 e. The molecule has 160 valence electrons. The molecular formula is C20H27F3N4O2. The second-order valence-electron chi connectivity index (χ2n) is 8.07. The van der Waals surface area contributed by atoms with Crippen LogP contribution in [0.15, 0.2) is 24.3 Å². The van der Waals surface area contributed by atoms with Crippen LogP contribution in [0.25, 0.3) is 11.0 Å². The highest BCUT2D eigenvalue weighted by Crippen LogP contribution is 2.26. The second kappa shape index (κ2) is 8.71. The molecule has 2 aromatic rings. The molecule has 1 aliphatic rings. The van der Waals surface area contributed by atoms with Crippen LogP contribution in [0.2, 0.25) is 0 Å². The van der Waals surface area contributed by atoms with Gasteiger partial charge >= 0.3 is 6.18 Å². The van der Waals surface area contributed by atoms with E-state index in [1.165, 1.54) is 0 Å². The Labute approximate surface area is 167 Å². The number of nitrogens with zero attached hydrogens (tertiary/aromatic N) is 3. The molecule has 2 heterocycles. The van der Waals surface area contributed by atoms with Crippen molar-refractivity contribution in [3.8, 4) is 0 Å². The number of imidazole rings is 1. The Morgan fingerprint density at radius 2 is 2.07 bits per heavy atom. The van der Waals surface area contributed by atoms with E-state index < -0.39 is 18.6 Å². The fourth-order valence-corrected chi connectivity index (χ4v) is 3.88. The number of hydrogen-bond acceptors (Lipinski definition) is 4. The number of aliphatic hydroxyl groups is 1. The van der Waals surface area contributed by atoms with Crippen LogP contribution in [0.4, 0.5) is 13.2 Å². The van der Waals surface area contributed by atoms with Crippen molar-refractivity contribution in [2.75, 3.05) is 26.2 Å². The van der Waals surface area contributed by atoms with Crippen LogP contribution in [0.5, 0.6) is 0 Å². The number of amides is 1. The van der Waals surface area contributed by atoms with E-state index in [2.05, 4.69) is 10.3 Å². The number of carbonyl (C=O) groups is 1. The molecular weight excluding hydrogens is 385 g/mol. The van der Waals surface area contributed by atoms with Crippen LogP contribution < -0.4 is 5.32 Å². The van der Waals surface area contributed by atoms with Gasteiger partial charge in [-0.2, -0.15) is 13.2 Å². The van der Waals surface area contributed by atoms with Crippen molar-refractivity contribution >= 4 is 16.9 Å². The molecule has 0 saturated carbocycles. The number of rotatable bonds is 6. The standard InChI is InChI=1S/C20H27F3N4O2/c1-13(2)10-26(15-7-14(11-28)8-24-9-15)19(29)18-25-16-5-3-4-6-17(16)27(18)12-20(21,22)23/h3-6,13-15,24,28H,7-12H2,1-2H3/t14-,15+/m1/s1. The number of para-hydroxylation sites is 2. The van der Waals surface area contributed by atoms with Crippen molar-refractivity contribution in [2.45, 2.75) is 39.0 Å². The summed E-state index contributed by atoms with van der Waals surface area (Å²) in [5, 5.41) is 12.7. The summed E-state index contributed by atoms with van der Waals surface area (Å²) in [5.74, 6) is -0.570. The quantitative estimate of drug-likeness (QED) is 0.766. The number of piperidine rings is 1. The maximum absolute atomic E-state index is 13.4. The van der Waals surface area contributed by atoms with Crippen molar-refractivity contribution < 1.29 is 23.1 Å². The minimum absolute atomic E-state index is 0.000203. The van der Waals surface area contributed by atoms with Gasteiger partial charge in [-0.15, -0.1) is 0 Å². The van der Waals surface area contributed by atoms with Crippen molar-refractivity contribution in [3.63, 3.8) is 0 Å². The molecule has 1 amide bonds. The number of benzene rings is 1. The fraction of sp³-hybridized carbons (Fsp3) is 0.600. The third-order valence-electron chi connectivity index (χ3n) is 5.12. The molecule has 29 heavy (non-hydrogen) atoms. The molecule has 9 heteroatoms. The summed E-state index contributed by atoms with van der Waals surface area (Å²) in [5.41, 5.74) is 0.646. The lowest BCUT2D eigenvalue weighted by Gasteiger charge is -2.38. The third kappa shape index (κ3) is 5.08. The molecule has 2 atom stereocenters. The first-order valence-corrected chi connectivity index (χ1v) is 9.84. The van der Waals surface area contributed by atoms with Crippen molar-refractivity contribution in [2.24, 2.45) is 11.8 Å². The van der Waals surface area contributed by atoms with Crippen LogP contribution in [-0.2, 0) is 6.54 Å². The number of aromatic nitrogens is 2. The lowest BCUT2D eigenvalue weighted by molar-refractivity contribution is -0.140. The summed E-state index contributed by atoms with van der Waals surface area (Å²) in [7, 11) is 0. The number of hydrogen-bond donors (Lipinski definition) is 2. The van der Waals surface area contributed by atoms with Gasteiger partial charge in [0.25, 0.3) is 5.91 Å². The third-order valence-corrected chi connectivity index (χ3v) is 5.12. The molecule has 1 aromatic heterocycles. The highest BCUT2D eigenvalue weighted by molar-refractivity contribution is 5.95. The van der Waals surface area contributed by atoms with Gasteiger partial charge in [-0.25, -0.2) is 4.98 Å². The summed E-state index contributed by atoms with van der Waals surface area (Å²) >= 11 is 0. The largest absolute Gasteiger partial charge is 0.406 e. The molecule has 0 spiro atoms. The number of fused-ring (bicyclic) bond motifs is 1. The van der Waals surface area contributed by atoms with E-state index in [-0.39, 0.29) is 35.8 Å². The SMILES string of the molecule is CC(C)CN(C(=O)c1nc2ccccc2n1CC(F)(F)F)[C@@H]1CNC[C@H](CO)C1. The van der Waals surface area contributed by atoms with E-state index in [9.17, 15) is 23.1 Å². The van der Waals surface area contributed by atoms with Crippen molar-refractivity contribution in [1.82, 2.24) is 19.8 Å². The Morgan fingerprint density at radius 1 is 1.34 bits per heavy atom. The maximum atomic E-state index is 13.4. The van der Waals surface area contributed by atoms with Crippen molar-refractivity contribution in [1.29, 1.82) is 0 Å². The van der Waals surface area contributed by atoms with Gasteiger partial charge in [0.2, 0.25) is 5.82 Å². The van der Waals surface area contributed by atoms with Crippen LogP contribution >= 0.6 is 0 Å². The highest BCUT2D eigenvalue weighted by atomic mass is 19.4. The first kappa shape index (κ1) is 21.6. The highest BCUT2D eigenvalue weighted by Gasteiger charge is 2.36. The summed E-state index contributed by atoms with van der Waals surface area (Å²) < 4.78 is 40.7. The predicted molar refractivity (Wildman–Crippen MR) is 104 cm³/mol.